The standard InChI is InChI=1S/C15H22N2O4/c1-12(16-18)13-3-4-14(15(11-13)19-2)21-10-7-17-5-8-20-9-6-17/h3-4,11,18H,5-10H2,1-2H3/b16-12+. The fraction of sp³-hybridized carbons (Fsp3) is 0.533. The summed E-state index contributed by atoms with van der Waals surface area (Å²) < 4.78 is 16.4. The quantitative estimate of drug-likeness (QED) is 0.490. The topological polar surface area (TPSA) is 63.5 Å². The molecular formula is C15H22N2O4. The van der Waals surface area contributed by atoms with E-state index in [0.717, 1.165) is 38.4 Å². The van der Waals surface area contributed by atoms with Crippen molar-refractivity contribution in [3.63, 3.8) is 0 Å². The van der Waals surface area contributed by atoms with Crippen LogP contribution in [0.4, 0.5) is 0 Å². The van der Waals surface area contributed by atoms with Gasteiger partial charge in [0.25, 0.3) is 0 Å². The fourth-order valence-electron chi connectivity index (χ4n) is 2.18. The van der Waals surface area contributed by atoms with Gasteiger partial charge in [-0.3, -0.25) is 4.90 Å². The number of morpholine rings is 1. The van der Waals surface area contributed by atoms with Crippen molar-refractivity contribution < 1.29 is 19.4 Å². The summed E-state index contributed by atoms with van der Waals surface area (Å²) in [6, 6.07) is 5.49. The molecule has 1 aliphatic rings. The highest BCUT2D eigenvalue weighted by Gasteiger charge is 2.11. The number of hydrogen-bond acceptors (Lipinski definition) is 6. The van der Waals surface area contributed by atoms with Crippen molar-refractivity contribution in [1.82, 2.24) is 4.90 Å². The number of nitrogens with zero attached hydrogens (tertiary/aromatic N) is 2. The van der Waals surface area contributed by atoms with Gasteiger partial charge in [-0.2, -0.15) is 0 Å². The molecule has 0 aromatic heterocycles. The number of oxime groups is 1. The van der Waals surface area contributed by atoms with Crippen LogP contribution in [0.25, 0.3) is 0 Å². The van der Waals surface area contributed by atoms with Crippen LogP contribution in [0.15, 0.2) is 23.4 Å². The van der Waals surface area contributed by atoms with Crippen LogP contribution in [0.2, 0.25) is 0 Å². The van der Waals surface area contributed by atoms with E-state index in [-0.39, 0.29) is 0 Å². The molecule has 6 heteroatoms. The molecule has 21 heavy (non-hydrogen) atoms. The van der Waals surface area contributed by atoms with E-state index in [0.29, 0.717) is 23.8 Å². The number of ether oxygens (including phenoxy) is 3. The van der Waals surface area contributed by atoms with Crippen molar-refractivity contribution in [2.24, 2.45) is 5.16 Å². The number of methoxy groups -OCH3 is 1. The lowest BCUT2D eigenvalue weighted by molar-refractivity contribution is 0.0321. The Bertz CT molecular complexity index is 485. The van der Waals surface area contributed by atoms with Gasteiger partial charge in [0.2, 0.25) is 0 Å². The number of rotatable bonds is 6. The van der Waals surface area contributed by atoms with Gasteiger partial charge in [0.1, 0.15) is 6.61 Å². The van der Waals surface area contributed by atoms with Crippen LogP contribution >= 0.6 is 0 Å². The summed E-state index contributed by atoms with van der Waals surface area (Å²) in [7, 11) is 1.60. The molecule has 1 heterocycles. The van der Waals surface area contributed by atoms with E-state index in [1.807, 2.05) is 12.1 Å². The Hall–Kier alpha value is -1.79. The van der Waals surface area contributed by atoms with Crippen molar-refractivity contribution in [3.8, 4) is 11.5 Å². The van der Waals surface area contributed by atoms with Gasteiger partial charge in [-0.05, 0) is 25.1 Å². The lowest BCUT2D eigenvalue weighted by atomic mass is 10.1. The van der Waals surface area contributed by atoms with Crippen molar-refractivity contribution >= 4 is 5.71 Å². The van der Waals surface area contributed by atoms with E-state index in [2.05, 4.69) is 10.1 Å². The van der Waals surface area contributed by atoms with Crippen molar-refractivity contribution in [2.45, 2.75) is 6.92 Å². The second kappa shape index (κ2) is 7.85. The molecule has 2 rings (SSSR count). The molecule has 0 radical (unpaired) electrons. The average molecular weight is 294 g/mol. The van der Waals surface area contributed by atoms with E-state index >= 15 is 0 Å². The van der Waals surface area contributed by atoms with E-state index in [4.69, 9.17) is 19.4 Å². The molecule has 1 N–H and O–H groups in total. The van der Waals surface area contributed by atoms with E-state index in [1.54, 1.807) is 20.1 Å². The Labute approximate surface area is 124 Å². The maximum atomic E-state index is 8.81. The minimum absolute atomic E-state index is 0.535. The molecule has 1 fully saturated rings. The Balaban J connectivity index is 1.92. The summed E-state index contributed by atoms with van der Waals surface area (Å²) in [4.78, 5) is 2.31. The van der Waals surface area contributed by atoms with Gasteiger partial charge in [-0.25, -0.2) is 0 Å². The molecule has 1 aromatic carbocycles. The van der Waals surface area contributed by atoms with E-state index < -0.39 is 0 Å². The predicted octanol–water partition coefficient (Wildman–Crippen LogP) is 1.60. The van der Waals surface area contributed by atoms with Gasteiger partial charge in [-0.15, -0.1) is 0 Å². The maximum Gasteiger partial charge on any atom is 0.161 e. The summed E-state index contributed by atoms with van der Waals surface area (Å²) in [6.07, 6.45) is 0. The first kappa shape index (κ1) is 15.6. The fourth-order valence-corrected chi connectivity index (χ4v) is 2.18. The molecule has 0 bridgehead atoms. The molecule has 0 atom stereocenters. The Morgan fingerprint density at radius 1 is 1.33 bits per heavy atom. The van der Waals surface area contributed by atoms with Gasteiger partial charge in [0, 0.05) is 25.2 Å². The third-order valence-corrected chi connectivity index (χ3v) is 3.50. The molecular weight excluding hydrogens is 272 g/mol. The van der Waals surface area contributed by atoms with Crippen LogP contribution in [0, 0.1) is 0 Å². The Morgan fingerprint density at radius 2 is 2.10 bits per heavy atom. The minimum Gasteiger partial charge on any atom is -0.493 e. The van der Waals surface area contributed by atoms with Gasteiger partial charge < -0.3 is 19.4 Å². The molecule has 0 aliphatic carbocycles. The highest BCUT2D eigenvalue weighted by molar-refractivity contribution is 5.98. The molecule has 1 aromatic rings. The third-order valence-electron chi connectivity index (χ3n) is 3.50. The summed E-state index contributed by atoms with van der Waals surface area (Å²) >= 11 is 0. The molecule has 0 spiro atoms. The average Bonchev–Trinajstić information content (AvgIpc) is 2.55. The third kappa shape index (κ3) is 4.34. The first-order chi connectivity index (χ1) is 10.2. The van der Waals surface area contributed by atoms with Gasteiger partial charge in [0.15, 0.2) is 11.5 Å². The lowest BCUT2D eigenvalue weighted by Gasteiger charge is -2.26. The zero-order valence-electron chi connectivity index (χ0n) is 12.5. The Kier molecular flexibility index (Phi) is 5.83. The van der Waals surface area contributed by atoms with Gasteiger partial charge in [0.05, 0.1) is 26.0 Å². The summed E-state index contributed by atoms with van der Waals surface area (Å²) in [6.45, 7) is 6.68. The highest BCUT2D eigenvalue weighted by Crippen LogP contribution is 2.28. The van der Waals surface area contributed by atoms with E-state index in [9.17, 15) is 0 Å². The normalized spacial score (nSPS) is 16.8. The molecule has 1 aliphatic heterocycles. The van der Waals surface area contributed by atoms with Crippen LogP contribution < -0.4 is 9.47 Å². The van der Waals surface area contributed by atoms with Crippen molar-refractivity contribution in [3.05, 3.63) is 23.8 Å². The van der Waals surface area contributed by atoms with Crippen molar-refractivity contribution in [2.75, 3.05) is 46.6 Å². The zero-order chi connectivity index (χ0) is 15.1. The molecule has 1 saturated heterocycles. The van der Waals surface area contributed by atoms with Gasteiger partial charge >= 0.3 is 0 Å². The molecule has 0 unspecified atom stereocenters. The van der Waals surface area contributed by atoms with Crippen LogP contribution in [0.1, 0.15) is 12.5 Å². The maximum absolute atomic E-state index is 8.81. The van der Waals surface area contributed by atoms with Gasteiger partial charge in [-0.1, -0.05) is 5.16 Å². The van der Waals surface area contributed by atoms with Crippen LogP contribution in [-0.4, -0.2) is 62.4 Å². The summed E-state index contributed by atoms with van der Waals surface area (Å²) in [5.41, 5.74) is 1.34. The van der Waals surface area contributed by atoms with Crippen LogP contribution in [-0.2, 0) is 4.74 Å². The molecule has 116 valence electrons. The molecule has 6 nitrogen and oxygen atoms in total. The van der Waals surface area contributed by atoms with Crippen molar-refractivity contribution in [1.29, 1.82) is 0 Å². The van der Waals surface area contributed by atoms with E-state index in [1.165, 1.54) is 0 Å². The second-order valence-corrected chi connectivity index (χ2v) is 4.85. The van der Waals surface area contributed by atoms with Crippen LogP contribution in [0.5, 0.6) is 11.5 Å². The zero-order valence-corrected chi connectivity index (χ0v) is 12.5. The predicted molar refractivity (Wildman–Crippen MR) is 79.7 cm³/mol. The SMILES string of the molecule is COc1cc(/C(C)=N/O)ccc1OCCN1CCOCC1. The summed E-state index contributed by atoms with van der Waals surface area (Å²) in [5.74, 6) is 1.33. The largest absolute Gasteiger partial charge is 0.493 e. The minimum atomic E-state index is 0.535. The first-order valence-corrected chi connectivity index (χ1v) is 7.04. The number of hydrogen-bond donors (Lipinski definition) is 1. The van der Waals surface area contributed by atoms with Crippen LogP contribution in [0.3, 0.4) is 0 Å². The lowest BCUT2D eigenvalue weighted by Crippen LogP contribution is -2.38. The Morgan fingerprint density at radius 3 is 2.76 bits per heavy atom. The monoisotopic (exact) mass is 294 g/mol. The smallest absolute Gasteiger partial charge is 0.161 e. The molecule has 0 amide bonds. The second-order valence-electron chi connectivity index (χ2n) is 4.85. The summed E-state index contributed by atoms with van der Waals surface area (Å²) in [5, 5.41) is 12.0. The highest BCUT2D eigenvalue weighted by atomic mass is 16.5. The number of benzene rings is 1. The molecule has 0 saturated carbocycles. The first-order valence-electron chi connectivity index (χ1n) is 7.04.